The molecule has 3 nitrogen and oxygen atoms in total. The van der Waals surface area contributed by atoms with Gasteiger partial charge in [0.25, 0.3) is 0 Å². The molecule has 6 heteroatoms. The Kier molecular flexibility index (Phi) is 5.64. The van der Waals surface area contributed by atoms with Crippen LogP contribution in [0.2, 0.25) is 5.02 Å². The maximum atomic E-state index is 13.9. The SMILES string of the molecule is O=C(O)c1c(-c2ccccc2)c2ccc(-c3cc(F)cc(F)c3)cc2n1Cc1cccc(Cl)c1. The van der Waals surface area contributed by atoms with Gasteiger partial charge in [-0.25, -0.2) is 13.6 Å². The first kappa shape index (κ1) is 21.9. The third-order valence-electron chi connectivity index (χ3n) is 5.76. The zero-order valence-corrected chi connectivity index (χ0v) is 18.6. The fourth-order valence-corrected chi connectivity index (χ4v) is 4.56. The first-order valence-electron chi connectivity index (χ1n) is 10.6. The number of fused-ring (bicyclic) bond motifs is 1. The molecule has 5 rings (SSSR count). The highest BCUT2D eigenvalue weighted by Crippen LogP contribution is 2.38. The van der Waals surface area contributed by atoms with Crippen LogP contribution in [0.5, 0.6) is 0 Å². The van der Waals surface area contributed by atoms with E-state index < -0.39 is 17.6 Å². The standard InChI is InChI=1S/C28H18ClF2NO2/c29-21-8-4-5-17(11-21)16-32-25-14-19(20-12-22(30)15-23(31)13-20)9-10-24(25)26(27(32)28(33)34)18-6-2-1-3-7-18/h1-15H,16H2,(H,33,34). The molecule has 0 bridgehead atoms. The zero-order chi connectivity index (χ0) is 23.8. The van der Waals surface area contributed by atoms with Crippen LogP contribution in [0.3, 0.4) is 0 Å². The van der Waals surface area contributed by atoms with Crippen LogP contribution in [0.4, 0.5) is 8.78 Å². The van der Waals surface area contributed by atoms with Gasteiger partial charge in [-0.1, -0.05) is 66.2 Å². The van der Waals surface area contributed by atoms with Crippen molar-refractivity contribution in [1.29, 1.82) is 0 Å². The van der Waals surface area contributed by atoms with Gasteiger partial charge in [-0.15, -0.1) is 0 Å². The topological polar surface area (TPSA) is 42.2 Å². The van der Waals surface area contributed by atoms with E-state index in [1.54, 1.807) is 34.9 Å². The highest BCUT2D eigenvalue weighted by Gasteiger charge is 2.24. The molecule has 34 heavy (non-hydrogen) atoms. The molecule has 0 radical (unpaired) electrons. The highest BCUT2D eigenvalue weighted by molar-refractivity contribution is 6.30. The normalized spacial score (nSPS) is 11.1. The molecule has 0 unspecified atom stereocenters. The van der Waals surface area contributed by atoms with Crippen LogP contribution in [-0.4, -0.2) is 15.6 Å². The quantitative estimate of drug-likeness (QED) is 0.285. The third-order valence-corrected chi connectivity index (χ3v) is 5.99. The number of benzene rings is 4. The Hall–Kier alpha value is -3.96. The van der Waals surface area contributed by atoms with Crippen LogP contribution in [0.25, 0.3) is 33.2 Å². The summed E-state index contributed by atoms with van der Waals surface area (Å²) in [7, 11) is 0. The van der Waals surface area contributed by atoms with Crippen LogP contribution < -0.4 is 0 Å². The van der Waals surface area contributed by atoms with E-state index in [9.17, 15) is 18.7 Å². The number of carboxylic acids is 1. The summed E-state index contributed by atoms with van der Waals surface area (Å²) in [5, 5.41) is 11.5. The molecule has 0 aliphatic rings. The molecule has 0 aliphatic carbocycles. The summed E-state index contributed by atoms with van der Waals surface area (Å²) in [5.74, 6) is -2.43. The van der Waals surface area contributed by atoms with Crippen molar-refractivity contribution >= 4 is 28.5 Å². The molecule has 4 aromatic carbocycles. The molecule has 0 fully saturated rings. The minimum atomic E-state index is -1.07. The monoisotopic (exact) mass is 473 g/mol. The summed E-state index contributed by atoms with van der Waals surface area (Å²) < 4.78 is 29.5. The van der Waals surface area contributed by atoms with Crippen molar-refractivity contribution in [3.05, 3.63) is 119 Å². The molecule has 1 heterocycles. The largest absolute Gasteiger partial charge is 0.477 e. The molecule has 0 aliphatic heterocycles. The van der Waals surface area contributed by atoms with Gasteiger partial charge in [0.2, 0.25) is 0 Å². The van der Waals surface area contributed by atoms with Gasteiger partial charge in [-0.3, -0.25) is 0 Å². The number of nitrogens with zero attached hydrogens (tertiary/aromatic N) is 1. The summed E-state index contributed by atoms with van der Waals surface area (Å²) in [6.45, 7) is 0.256. The minimum absolute atomic E-state index is 0.128. The van der Waals surface area contributed by atoms with E-state index >= 15 is 0 Å². The number of halogens is 3. The molecule has 5 aromatic rings. The lowest BCUT2D eigenvalue weighted by atomic mass is 9.99. The van der Waals surface area contributed by atoms with Crippen molar-refractivity contribution in [3.63, 3.8) is 0 Å². The van der Waals surface area contributed by atoms with Crippen LogP contribution in [-0.2, 0) is 6.54 Å². The average molecular weight is 474 g/mol. The summed E-state index contributed by atoms with van der Waals surface area (Å²) in [6.07, 6.45) is 0. The van der Waals surface area contributed by atoms with Crippen LogP contribution >= 0.6 is 11.6 Å². The van der Waals surface area contributed by atoms with Crippen molar-refractivity contribution < 1.29 is 18.7 Å². The van der Waals surface area contributed by atoms with E-state index in [1.165, 1.54) is 12.1 Å². The molecule has 0 atom stereocenters. The van der Waals surface area contributed by atoms with Gasteiger partial charge in [0.1, 0.15) is 17.3 Å². The van der Waals surface area contributed by atoms with Gasteiger partial charge in [-0.2, -0.15) is 0 Å². The summed E-state index contributed by atoms with van der Waals surface area (Å²) in [6, 6.07) is 25.2. The maximum Gasteiger partial charge on any atom is 0.353 e. The van der Waals surface area contributed by atoms with Gasteiger partial charge in [0, 0.05) is 28.6 Å². The Labute approximate surface area is 199 Å². The van der Waals surface area contributed by atoms with Gasteiger partial charge >= 0.3 is 5.97 Å². The second-order valence-corrected chi connectivity index (χ2v) is 8.44. The van der Waals surface area contributed by atoms with Gasteiger partial charge in [-0.05, 0) is 52.6 Å². The number of rotatable bonds is 5. The molecule has 0 amide bonds. The predicted octanol–water partition coefficient (Wildman–Crippen LogP) is 7.65. The first-order chi connectivity index (χ1) is 16.4. The summed E-state index contributed by atoms with van der Waals surface area (Å²) in [5.41, 5.74) is 3.89. The second kappa shape index (κ2) is 8.76. The van der Waals surface area contributed by atoms with Gasteiger partial charge in [0.15, 0.2) is 0 Å². The molecular weight excluding hydrogens is 456 g/mol. The number of aromatic nitrogens is 1. The fourth-order valence-electron chi connectivity index (χ4n) is 4.35. The Bertz CT molecular complexity index is 1520. The number of hydrogen-bond acceptors (Lipinski definition) is 1. The van der Waals surface area contributed by atoms with Crippen LogP contribution in [0, 0.1) is 11.6 Å². The molecule has 0 spiro atoms. The van der Waals surface area contributed by atoms with E-state index in [0.29, 0.717) is 27.2 Å². The van der Waals surface area contributed by atoms with E-state index in [2.05, 4.69) is 0 Å². The van der Waals surface area contributed by atoms with Crippen molar-refractivity contribution in [3.8, 4) is 22.3 Å². The summed E-state index contributed by atoms with van der Waals surface area (Å²) >= 11 is 6.17. The number of aromatic carboxylic acids is 1. The van der Waals surface area contributed by atoms with Crippen molar-refractivity contribution in [2.24, 2.45) is 0 Å². The molecule has 0 saturated carbocycles. The zero-order valence-electron chi connectivity index (χ0n) is 17.8. The Morgan fingerprint density at radius 3 is 2.21 bits per heavy atom. The minimum Gasteiger partial charge on any atom is -0.477 e. The van der Waals surface area contributed by atoms with Crippen molar-refractivity contribution in [1.82, 2.24) is 4.57 Å². The number of hydrogen-bond donors (Lipinski definition) is 1. The maximum absolute atomic E-state index is 13.9. The fraction of sp³-hybridized carbons (Fsp3) is 0.0357. The average Bonchev–Trinajstić information content (AvgIpc) is 3.13. The Morgan fingerprint density at radius 2 is 1.53 bits per heavy atom. The van der Waals surface area contributed by atoms with Gasteiger partial charge < -0.3 is 9.67 Å². The Balaban J connectivity index is 1.81. The highest BCUT2D eigenvalue weighted by atomic mass is 35.5. The van der Waals surface area contributed by atoms with Crippen LogP contribution in [0.15, 0.2) is 91.0 Å². The lowest BCUT2D eigenvalue weighted by Gasteiger charge is -2.11. The second-order valence-electron chi connectivity index (χ2n) is 8.00. The lowest BCUT2D eigenvalue weighted by molar-refractivity contribution is 0.0687. The molecular formula is C28H18ClF2NO2. The van der Waals surface area contributed by atoms with Crippen LogP contribution in [0.1, 0.15) is 16.1 Å². The Morgan fingerprint density at radius 1 is 0.794 bits per heavy atom. The summed E-state index contributed by atoms with van der Waals surface area (Å²) in [4.78, 5) is 12.5. The smallest absolute Gasteiger partial charge is 0.353 e. The van der Waals surface area contributed by atoms with E-state index in [-0.39, 0.29) is 12.2 Å². The van der Waals surface area contributed by atoms with E-state index in [4.69, 9.17) is 11.6 Å². The van der Waals surface area contributed by atoms with Crippen molar-refractivity contribution in [2.75, 3.05) is 0 Å². The lowest BCUT2D eigenvalue weighted by Crippen LogP contribution is -2.10. The van der Waals surface area contributed by atoms with Crippen molar-refractivity contribution in [2.45, 2.75) is 6.54 Å². The van der Waals surface area contributed by atoms with Gasteiger partial charge in [0.05, 0.1) is 5.52 Å². The number of carbonyl (C=O) groups is 1. The van der Waals surface area contributed by atoms with E-state index in [0.717, 1.165) is 22.6 Å². The molecule has 1 N–H and O–H groups in total. The molecule has 168 valence electrons. The molecule has 0 saturated heterocycles. The predicted molar refractivity (Wildman–Crippen MR) is 130 cm³/mol. The third kappa shape index (κ3) is 4.06. The number of carboxylic acid groups (broad SMARTS) is 1. The van der Waals surface area contributed by atoms with E-state index in [1.807, 2.05) is 42.5 Å². The first-order valence-corrected chi connectivity index (χ1v) is 10.9. The molecule has 1 aromatic heterocycles.